The molecule has 1 aromatic heterocycles. The summed E-state index contributed by atoms with van der Waals surface area (Å²) < 4.78 is 5.43. The molecule has 0 saturated heterocycles. The third-order valence-electron chi connectivity index (χ3n) is 6.52. The van der Waals surface area contributed by atoms with Gasteiger partial charge in [-0.15, -0.1) is 0 Å². The van der Waals surface area contributed by atoms with Gasteiger partial charge in [0.05, 0.1) is 18.2 Å². The topological polar surface area (TPSA) is 83.5 Å². The molecule has 1 atom stereocenters. The molecule has 1 aliphatic carbocycles. The zero-order valence-corrected chi connectivity index (χ0v) is 21.7. The minimum absolute atomic E-state index is 0.0338. The summed E-state index contributed by atoms with van der Waals surface area (Å²) in [5.41, 5.74) is 2.73. The molecule has 3 rings (SSSR count). The molecule has 34 heavy (non-hydrogen) atoms. The van der Waals surface area contributed by atoms with Crippen LogP contribution in [0.15, 0.2) is 30.5 Å². The van der Waals surface area contributed by atoms with E-state index in [1.807, 2.05) is 20.0 Å². The van der Waals surface area contributed by atoms with Crippen LogP contribution in [0.4, 0.5) is 5.82 Å². The number of aromatic nitrogens is 1. The molecule has 1 fully saturated rings. The first-order valence-electron chi connectivity index (χ1n) is 12.2. The molecular formula is C27H40ClN3O3. The first kappa shape index (κ1) is 28.1. The summed E-state index contributed by atoms with van der Waals surface area (Å²) in [5, 5.41) is 15.7. The fraction of sp³-hybridized carbons (Fsp3) is 0.556. The molecule has 0 spiro atoms. The van der Waals surface area contributed by atoms with E-state index < -0.39 is 0 Å². The van der Waals surface area contributed by atoms with E-state index >= 15 is 0 Å². The van der Waals surface area contributed by atoms with Crippen LogP contribution in [-0.2, 0) is 6.42 Å². The van der Waals surface area contributed by atoms with Crippen molar-refractivity contribution < 1.29 is 14.6 Å². The van der Waals surface area contributed by atoms with E-state index in [9.17, 15) is 4.79 Å². The molecule has 0 amide bonds. The monoisotopic (exact) mass is 489 g/mol. The maximum absolute atomic E-state index is 10.7. The smallest absolute Gasteiger partial charge is 0.151 e. The molecule has 1 aliphatic rings. The quantitative estimate of drug-likeness (QED) is 0.372. The number of ether oxygens (including phenoxy) is 1. The SMILES string of the molecule is CCc1ccc(OC)c(C(C)Nc2ncc(C=O)cc2Cl)c1.CNCC1CCC(CCO)CC1. The van der Waals surface area contributed by atoms with Crippen LogP contribution in [0.2, 0.25) is 5.02 Å². The lowest BCUT2D eigenvalue weighted by molar-refractivity contribution is 0.112. The molecule has 2 aromatic rings. The van der Waals surface area contributed by atoms with Crippen LogP contribution < -0.4 is 15.4 Å². The predicted octanol–water partition coefficient (Wildman–Crippen LogP) is 5.69. The van der Waals surface area contributed by atoms with Crippen molar-refractivity contribution in [2.24, 2.45) is 11.8 Å². The van der Waals surface area contributed by atoms with Gasteiger partial charge in [0.2, 0.25) is 0 Å². The zero-order valence-electron chi connectivity index (χ0n) is 20.9. The third kappa shape index (κ3) is 8.57. The highest BCUT2D eigenvalue weighted by molar-refractivity contribution is 6.33. The number of pyridine rings is 1. The average molecular weight is 490 g/mol. The molecule has 188 valence electrons. The minimum Gasteiger partial charge on any atom is -0.496 e. The van der Waals surface area contributed by atoms with E-state index in [1.165, 1.54) is 44.0 Å². The first-order valence-corrected chi connectivity index (χ1v) is 12.6. The standard InChI is InChI=1S/C17H19ClN2O2.C10H21NO/c1-4-12-5-6-16(22-3)14(7-12)11(2)20-17-15(18)8-13(10-21)9-19-17;1-11-8-10-4-2-9(3-5-10)6-7-12/h5-11H,4H2,1-3H3,(H,19,20);9-12H,2-8H2,1H3. The second-order valence-corrected chi connectivity index (χ2v) is 9.38. The van der Waals surface area contributed by atoms with Crippen LogP contribution in [0.3, 0.4) is 0 Å². The number of hydrogen-bond donors (Lipinski definition) is 3. The van der Waals surface area contributed by atoms with E-state index in [2.05, 4.69) is 34.7 Å². The number of nitrogens with zero attached hydrogens (tertiary/aromatic N) is 1. The van der Waals surface area contributed by atoms with Gasteiger partial charge in [0.25, 0.3) is 0 Å². The normalized spacial score (nSPS) is 18.4. The Morgan fingerprint density at radius 1 is 1.24 bits per heavy atom. The van der Waals surface area contributed by atoms with Crippen LogP contribution >= 0.6 is 11.6 Å². The highest BCUT2D eigenvalue weighted by Crippen LogP contribution is 2.31. The van der Waals surface area contributed by atoms with Crippen LogP contribution in [0.5, 0.6) is 5.75 Å². The number of carbonyl (C=O) groups excluding carboxylic acids is 1. The molecule has 1 unspecified atom stereocenters. The number of aliphatic hydroxyl groups is 1. The number of anilines is 1. The Morgan fingerprint density at radius 2 is 1.94 bits per heavy atom. The number of carbonyl (C=O) groups is 1. The van der Waals surface area contributed by atoms with E-state index in [0.29, 0.717) is 23.0 Å². The van der Waals surface area contributed by atoms with E-state index in [-0.39, 0.29) is 6.04 Å². The van der Waals surface area contributed by atoms with Gasteiger partial charge in [-0.2, -0.15) is 0 Å². The van der Waals surface area contributed by atoms with Gasteiger partial charge in [-0.3, -0.25) is 4.79 Å². The van der Waals surface area contributed by atoms with Gasteiger partial charge in [-0.05, 0) is 75.7 Å². The molecule has 0 bridgehead atoms. The van der Waals surface area contributed by atoms with Crippen LogP contribution in [0.25, 0.3) is 0 Å². The summed E-state index contributed by atoms with van der Waals surface area (Å²) in [5.74, 6) is 3.06. The van der Waals surface area contributed by atoms with Gasteiger partial charge in [0.15, 0.2) is 6.29 Å². The lowest BCUT2D eigenvalue weighted by atomic mass is 9.81. The molecule has 1 aromatic carbocycles. The molecule has 3 N–H and O–H groups in total. The van der Waals surface area contributed by atoms with Crippen molar-refractivity contribution in [3.63, 3.8) is 0 Å². The fourth-order valence-electron chi connectivity index (χ4n) is 4.44. The van der Waals surface area contributed by atoms with Gasteiger partial charge >= 0.3 is 0 Å². The van der Waals surface area contributed by atoms with Gasteiger partial charge in [-0.25, -0.2) is 4.98 Å². The van der Waals surface area contributed by atoms with Crippen molar-refractivity contribution in [2.75, 3.05) is 32.6 Å². The Hall–Kier alpha value is -2.15. The Bertz CT molecular complexity index is 871. The summed E-state index contributed by atoms with van der Waals surface area (Å²) in [4.78, 5) is 14.9. The summed E-state index contributed by atoms with van der Waals surface area (Å²) in [6.45, 7) is 5.68. The van der Waals surface area contributed by atoms with Crippen molar-refractivity contribution in [1.82, 2.24) is 10.3 Å². The molecule has 7 heteroatoms. The number of rotatable bonds is 10. The molecule has 0 radical (unpaired) electrons. The number of aldehydes is 1. The number of aryl methyl sites for hydroxylation is 1. The second-order valence-electron chi connectivity index (χ2n) is 8.97. The Labute approximate surface area is 209 Å². The van der Waals surface area contributed by atoms with Gasteiger partial charge in [0, 0.05) is 23.9 Å². The maximum Gasteiger partial charge on any atom is 0.151 e. The molecular weight excluding hydrogens is 450 g/mol. The Kier molecular flexibility index (Phi) is 12.4. The summed E-state index contributed by atoms with van der Waals surface area (Å²) in [7, 11) is 3.68. The number of halogens is 1. The number of methoxy groups -OCH3 is 1. The summed E-state index contributed by atoms with van der Waals surface area (Å²) in [6, 6.07) is 7.70. The molecule has 1 heterocycles. The van der Waals surface area contributed by atoms with Gasteiger partial charge < -0.3 is 20.5 Å². The Balaban J connectivity index is 0.000000287. The van der Waals surface area contributed by atoms with Gasteiger partial charge in [0.1, 0.15) is 11.6 Å². The van der Waals surface area contributed by atoms with Crippen molar-refractivity contribution in [3.05, 3.63) is 52.2 Å². The number of hydrogen-bond acceptors (Lipinski definition) is 6. The lowest BCUT2D eigenvalue weighted by Crippen LogP contribution is -2.24. The van der Waals surface area contributed by atoms with Crippen LogP contribution in [-0.4, -0.2) is 43.7 Å². The van der Waals surface area contributed by atoms with Gasteiger partial charge in [-0.1, -0.05) is 43.5 Å². The highest BCUT2D eigenvalue weighted by atomic mass is 35.5. The van der Waals surface area contributed by atoms with E-state index in [4.69, 9.17) is 21.4 Å². The third-order valence-corrected chi connectivity index (χ3v) is 6.81. The largest absolute Gasteiger partial charge is 0.496 e. The van der Waals surface area contributed by atoms with E-state index in [1.54, 1.807) is 13.2 Å². The van der Waals surface area contributed by atoms with Crippen molar-refractivity contribution in [2.45, 2.75) is 58.4 Å². The maximum atomic E-state index is 10.7. The highest BCUT2D eigenvalue weighted by Gasteiger charge is 2.19. The predicted molar refractivity (Wildman–Crippen MR) is 140 cm³/mol. The van der Waals surface area contributed by atoms with E-state index in [0.717, 1.165) is 42.3 Å². The Morgan fingerprint density at radius 3 is 2.50 bits per heavy atom. The zero-order chi connectivity index (χ0) is 24.9. The summed E-state index contributed by atoms with van der Waals surface area (Å²) in [6.07, 6.45) is 9.55. The fourth-order valence-corrected chi connectivity index (χ4v) is 4.67. The summed E-state index contributed by atoms with van der Waals surface area (Å²) >= 11 is 6.16. The second kappa shape index (κ2) is 15.0. The van der Waals surface area contributed by atoms with Crippen molar-refractivity contribution >= 4 is 23.7 Å². The van der Waals surface area contributed by atoms with Crippen molar-refractivity contribution in [1.29, 1.82) is 0 Å². The van der Waals surface area contributed by atoms with Crippen LogP contribution in [0.1, 0.15) is 73.5 Å². The number of benzene rings is 1. The first-order chi connectivity index (χ1) is 16.4. The number of nitrogens with one attached hydrogen (secondary N) is 2. The molecule has 0 aliphatic heterocycles. The minimum atomic E-state index is -0.0338. The molecule has 1 saturated carbocycles. The van der Waals surface area contributed by atoms with Crippen molar-refractivity contribution in [3.8, 4) is 5.75 Å². The lowest BCUT2D eigenvalue weighted by Gasteiger charge is -2.27. The van der Waals surface area contributed by atoms with Crippen LogP contribution in [0, 0.1) is 11.8 Å². The average Bonchev–Trinajstić information content (AvgIpc) is 2.86. The molecule has 6 nitrogen and oxygen atoms in total. The number of aliphatic hydroxyl groups excluding tert-OH is 1.